The van der Waals surface area contributed by atoms with Crippen molar-refractivity contribution in [2.75, 3.05) is 13.6 Å². The second kappa shape index (κ2) is 6.07. The van der Waals surface area contributed by atoms with E-state index in [9.17, 15) is 8.42 Å². The maximum Gasteiger partial charge on any atom is 0.240 e. The van der Waals surface area contributed by atoms with Crippen molar-refractivity contribution in [1.82, 2.24) is 24.4 Å². The van der Waals surface area contributed by atoms with Gasteiger partial charge in [-0.1, -0.05) is 12.1 Å². The third kappa shape index (κ3) is 3.22. The molecule has 0 aliphatic carbocycles. The SMILES string of the molecule is CNS(=O)(=O)c1ccc(CN2CCn3nc(Br)nc3C2)cc1. The van der Waals surface area contributed by atoms with Gasteiger partial charge >= 0.3 is 0 Å². The van der Waals surface area contributed by atoms with Gasteiger partial charge in [0.15, 0.2) is 0 Å². The Kier molecular flexibility index (Phi) is 4.31. The van der Waals surface area contributed by atoms with E-state index in [2.05, 4.69) is 35.6 Å². The lowest BCUT2D eigenvalue weighted by molar-refractivity contribution is 0.201. The number of rotatable bonds is 4. The van der Waals surface area contributed by atoms with Gasteiger partial charge in [-0.3, -0.25) is 4.90 Å². The highest BCUT2D eigenvalue weighted by atomic mass is 79.9. The number of aromatic nitrogens is 3. The number of hydrogen-bond donors (Lipinski definition) is 1. The lowest BCUT2D eigenvalue weighted by Crippen LogP contribution is -2.33. The van der Waals surface area contributed by atoms with Gasteiger partial charge in [0.05, 0.1) is 18.0 Å². The Labute approximate surface area is 137 Å². The quantitative estimate of drug-likeness (QED) is 0.847. The van der Waals surface area contributed by atoms with Crippen LogP contribution in [0.4, 0.5) is 0 Å². The van der Waals surface area contributed by atoms with E-state index in [4.69, 9.17) is 0 Å². The molecule has 0 saturated heterocycles. The van der Waals surface area contributed by atoms with Crippen molar-refractivity contribution in [2.45, 2.75) is 24.5 Å². The van der Waals surface area contributed by atoms with Crippen molar-refractivity contribution in [3.05, 3.63) is 40.4 Å². The molecule has 0 amide bonds. The van der Waals surface area contributed by atoms with Crippen molar-refractivity contribution in [3.63, 3.8) is 0 Å². The topological polar surface area (TPSA) is 80.1 Å². The Morgan fingerprint density at radius 1 is 1.27 bits per heavy atom. The number of nitrogens with one attached hydrogen (secondary N) is 1. The minimum atomic E-state index is -3.38. The van der Waals surface area contributed by atoms with Gasteiger partial charge in [-0.15, -0.1) is 5.10 Å². The monoisotopic (exact) mass is 385 g/mol. The van der Waals surface area contributed by atoms with Crippen LogP contribution in [-0.2, 0) is 29.7 Å². The van der Waals surface area contributed by atoms with Gasteiger partial charge < -0.3 is 0 Å². The molecule has 0 saturated carbocycles. The van der Waals surface area contributed by atoms with Crippen molar-refractivity contribution in [1.29, 1.82) is 0 Å². The molecule has 0 bridgehead atoms. The average molecular weight is 386 g/mol. The molecule has 0 spiro atoms. The van der Waals surface area contributed by atoms with Gasteiger partial charge in [-0.25, -0.2) is 22.8 Å². The van der Waals surface area contributed by atoms with Crippen LogP contribution in [-0.4, -0.2) is 41.7 Å². The molecular weight excluding hydrogens is 370 g/mol. The first-order valence-electron chi connectivity index (χ1n) is 6.82. The molecule has 1 aromatic carbocycles. The van der Waals surface area contributed by atoms with Gasteiger partial charge in [0, 0.05) is 13.1 Å². The van der Waals surface area contributed by atoms with Crippen molar-refractivity contribution in [3.8, 4) is 0 Å². The van der Waals surface area contributed by atoms with Crippen LogP contribution in [0.3, 0.4) is 0 Å². The summed E-state index contributed by atoms with van der Waals surface area (Å²) in [7, 11) is -1.97. The molecule has 9 heteroatoms. The van der Waals surface area contributed by atoms with E-state index in [1.54, 1.807) is 12.1 Å². The molecule has 0 atom stereocenters. The van der Waals surface area contributed by atoms with Gasteiger partial charge in [-0.05, 0) is 40.7 Å². The number of halogens is 1. The van der Waals surface area contributed by atoms with E-state index in [1.165, 1.54) is 7.05 Å². The van der Waals surface area contributed by atoms with Crippen molar-refractivity contribution < 1.29 is 8.42 Å². The fraction of sp³-hybridized carbons (Fsp3) is 0.385. The standard InChI is InChI=1S/C13H16BrN5O2S/c1-15-22(20,21)11-4-2-10(3-5-11)8-18-6-7-19-12(9-18)16-13(14)17-19/h2-5,15H,6-9H2,1H3. The Morgan fingerprint density at radius 3 is 2.68 bits per heavy atom. The van der Waals surface area contributed by atoms with Crippen LogP contribution in [0.25, 0.3) is 0 Å². The fourth-order valence-electron chi connectivity index (χ4n) is 2.44. The second-order valence-electron chi connectivity index (χ2n) is 5.08. The molecule has 2 heterocycles. The lowest BCUT2D eigenvalue weighted by Gasteiger charge is -2.26. The highest BCUT2D eigenvalue weighted by Crippen LogP contribution is 2.17. The number of fused-ring (bicyclic) bond motifs is 1. The predicted octanol–water partition coefficient (Wildman–Crippen LogP) is 0.964. The summed E-state index contributed by atoms with van der Waals surface area (Å²) < 4.78 is 28.2. The van der Waals surface area contributed by atoms with Gasteiger partial charge in [0.25, 0.3) is 0 Å². The first kappa shape index (κ1) is 15.6. The van der Waals surface area contributed by atoms with E-state index in [0.717, 1.165) is 37.6 Å². The van der Waals surface area contributed by atoms with E-state index in [0.29, 0.717) is 4.73 Å². The molecule has 3 rings (SSSR count). The van der Waals surface area contributed by atoms with Crippen LogP contribution in [0.5, 0.6) is 0 Å². The smallest absolute Gasteiger partial charge is 0.240 e. The third-order valence-electron chi connectivity index (χ3n) is 3.62. The maximum atomic E-state index is 11.7. The van der Waals surface area contributed by atoms with E-state index in [-0.39, 0.29) is 4.90 Å². The molecule has 0 radical (unpaired) electrons. The molecule has 0 unspecified atom stereocenters. The summed E-state index contributed by atoms with van der Waals surface area (Å²) in [6.45, 7) is 3.18. The fourth-order valence-corrected chi connectivity index (χ4v) is 3.57. The van der Waals surface area contributed by atoms with E-state index < -0.39 is 10.0 Å². The zero-order valence-corrected chi connectivity index (χ0v) is 14.4. The number of hydrogen-bond acceptors (Lipinski definition) is 5. The van der Waals surface area contributed by atoms with Gasteiger partial charge in [0.2, 0.25) is 14.8 Å². The molecule has 1 aliphatic heterocycles. The number of nitrogens with zero attached hydrogens (tertiary/aromatic N) is 4. The Bertz CT molecular complexity index is 772. The molecule has 22 heavy (non-hydrogen) atoms. The van der Waals surface area contributed by atoms with Gasteiger partial charge in [-0.2, -0.15) is 0 Å². The molecule has 7 nitrogen and oxygen atoms in total. The summed E-state index contributed by atoms with van der Waals surface area (Å²) in [5, 5.41) is 4.26. The third-order valence-corrected chi connectivity index (χ3v) is 5.39. The number of sulfonamides is 1. The lowest BCUT2D eigenvalue weighted by atomic mass is 10.2. The molecule has 1 aromatic heterocycles. The predicted molar refractivity (Wildman–Crippen MR) is 84.5 cm³/mol. The summed E-state index contributed by atoms with van der Waals surface area (Å²) in [5.41, 5.74) is 1.07. The van der Waals surface area contributed by atoms with Crippen LogP contribution in [0.15, 0.2) is 33.9 Å². The summed E-state index contributed by atoms with van der Waals surface area (Å²) >= 11 is 3.29. The zero-order chi connectivity index (χ0) is 15.7. The van der Waals surface area contributed by atoms with E-state index >= 15 is 0 Å². The van der Waals surface area contributed by atoms with Crippen LogP contribution in [0.1, 0.15) is 11.4 Å². The van der Waals surface area contributed by atoms with Crippen LogP contribution in [0.2, 0.25) is 0 Å². The first-order chi connectivity index (χ1) is 10.5. The van der Waals surface area contributed by atoms with E-state index in [1.807, 2.05) is 16.8 Å². The second-order valence-corrected chi connectivity index (χ2v) is 7.68. The van der Waals surface area contributed by atoms with Gasteiger partial charge in [0.1, 0.15) is 5.82 Å². The molecule has 0 fully saturated rings. The van der Waals surface area contributed by atoms with Crippen molar-refractivity contribution in [2.24, 2.45) is 0 Å². The summed E-state index contributed by atoms with van der Waals surface area (Å²) in [5.74, 6) is 0.938. The summed E-state index contributed by atoms with van der Waals surface area (Å²) in [6.07, 6.45) is 0. The highest BCUT2D eigenvalue weighted by Gasteiger charge is 2.19. The number of benzene rings is 1. The summed E-state index contributed by atoms with van der Waals surface area (Å²) in [4.78, 5) is 6.88. The van der Waals surface area contributed by atoms with Crippen LogP contribution < -0.4 is 4.72 Å². The normalized spacial score (nSPS) is 15.7. The first-order valence-corrected chi connectivity index (χ1v) is 9.09. The Hall–Kier alpha value is -1.29. The van der Waals surface area contributed by atoms with Crippen LogP contribution >= 0.6 is 15.9 Å². The molecule has 1 aliphatic rings. The minimum absolute atomic E-state index is 0.279. The molecule has 1 N–H and O–H groups in total. The zero-order valence-electron chi connectivity index (χ0n) is 12.0. The molecule has 118 valence electrons. The largest absolute Gasteiger partial charge is 0.290 e. The Balaban J connectivity index is 1.70. The maximum absolute atomic E-state index is 11.7. The van der Waals surface area contributed by atoms with Crippen molar-refractivity contribution >= 4 is 26.0 Å². The molecule has 2 aromatic rings. The minimum Gasteiger partial charge on any atom is -0.290 e. The highest BCUT2D eigenvalue weighted by molar-refractivity contribution is 9.10. The Morgan fingerprint density at radius 2 is 2.00 bits per heavy atom. The molecular formula is C13H16BrN5O2S. The average Bonchev–Trinajstić information content (AvgIpc) is 2.87. The van der Waals surface area contributed by atoms with Crippen LogP contribution in [0, 0.1) is 0 Å². The summed E-state index contributed by atoms with van der Waals surface area (Å²) in [6, 6.07) is 6.95.